The van der Waals surface area contributed by atoms with Gasteiger partial charge in [-0.2, -0.15) is 5.26 Å². The van der Waals surface area contributed by atoms with Crippen LogP contribution in [0.5, 0.6) is 17.2 Å². The van der Waals surface area contributed by atoms with Crippen LogP contribution in [0.2, 0.25) is 0 Å². The number of aromatic nitrogens is 1. The van der Waals surface area contributed by atoms with Gasteiger partial charge in [0.05, 0.1) is 18.2 Å². The van der Waals surface area contributed by atoms with Crippen molar-refractivity contribution in [3.05, 3.63) is 106 Å². The molecule has 3 aromatic carbocycles. The number of aryl methyl sites for hydroxylation is 1. The van der Waals surface area contributed by atoms with E-state index in [1.54, 1.807) is 12.3 Å². The molecule has 0 radical (unpaired) electrons. The molecule has 4 aromatic rings. The Bertz CT molecular complexity index is 1870. The van der Waals surface area contributed by atoms with Crippen molar-refractivity contribution < 1.29 is 19.0 Å². The number of carbonyl (C=O) groups is 1. The number of pyridine rings is 1. The molecule has 2 fully saturated rings. The van der Waals surface area contributed by atoms with Crippen molar-refractivity contribution in [3.8, 4) is 34.4 Å². The number of nitrogens with one attached hydrogen (secondary N) is 2. The van der Waals surface area contributed by atoms with Gasteiger partial charge in [0, 0.05) is 55.1 Å². The molecule has 50 heavy (non-hydrogen) atoms. The number of hydrogen-bond acceptors (Lipinski definition) is 8. The molecule has 260 valence electrons. The minimum absolute atomic E-state index is 0.0167. The predicted octanol–water partition coefficient (Wildman–Crippen LogP) is 6.40. The summed E-state index contributed by atoms with van der Waals surface area (Å²) in [5.41, 5.74) is 8.89. The van der Waals surface area contributed by atoms with Crippen LogP contribution < -0.4 is 24.8 Å². The average Bonchev–Trinajstić information content (AvgIpc) is 3.54. The summed E-state index contributed by atoms with van der Waals surface area (Å²) in [6.07, 6.45) is 6.41. The summed E-state index contributed by atoms with van der Waals surface area (Å²) >= 11 is 0. The van der Waals surface area contributed by atoms with Crippen LogP contribution in [-0.2, 0) is 24.6 Å². The molecule has 3 heterocycles. The molecule has 2 N–H and O–H groups in total. The Morgan fingerprint density at radius 3 is 2.50 bits per heavy atom. The molecule has 0 spiro atoms. The van der Waals surface area contributed by atoms with E-state index >= 15 is 0 Å². The lowest BCUT2D eigenvalue weighted by molar-refractivity contribution is -0.120. The van der Waals surface area contributed by atoms with Gasteiger partial charge in [0.25, 0.3) is 0 Å². The number of ether oxygens (including phenoxy) is 3. The third-order valence-corrected chi connectivity index (χ3v) is 9.86. The first-order valence-corrected chi connectivity index (χ1v) is 17.5. The smallest absolute Gasteiger partial charge is 0.237 e. The van der Waals surface area contributed by atoms with Gasteiger partial charge in [0.15, 0.2) is 0 Å². The maximum absolute atomic E-state index is 12.2. The second kappa shape index (κ2) is 16.2. The van der Waals surface area contributed by atoms with Crippen molar-refractivity contribution in [3.63, 3.8) is 0 Å². The van der Waals surface area contributed by atoms with Crippen LogP contribution in [0.15, 0.2) is 67.0 Å². The molecule has 0 aliphatic carbocycles. The quantitative estimate of drug-likeness (QED) is 0.168. The Labute approximate surface area is 295 Å². The zero-order chi connectivity index (χ0) is 35.0. The van der Waals surface area contributed by atoms with Crippen LogP contribution in [0.25, 0.3) is 11.1 Å². The van der Waals surface area contributed by atoms with Gasteiger partial charge in [-0.15, -0.1) is 0 Å². The SMILES string of the molecule is Cc1cc(CN[C@H]2CCNC2=O)c(OCc2cncc(C#N)c2)cc1OCc1cccc(-c2cccc(OCC3CCCN(C)C3)c2C)c1C. The van der Waals surface area contributed by atoms with Crippen molar-refractivity contribution in [2.75, 3.05) is 33.3 Å². The minimum Gasteiger partial charge on any atom is -0.493 e. The molecule has 1 unspecified atom stereocenters. The average molecular weight is 674 g/mol. The molecular weight excluding hydrogens is 626 g/mol. The third kappa shape index (κ3) is 8.44. The second-order valence-electron chi connectivity index (χ2n) is 13.6. The van der Waals surface area contributed by atoms with Crippen molar-refractivity contribution in [2.45, 2.75) is 65.8 Å². The Balaban J connectivity index is 1.19. The summed E-state index contributed by atoms with van der Waals surface area (Å²) in [5.74, 6) is 2.88. The number of piperidine rings is 1. The van der Waals surface area contributed by atoms with Gasteiger partial charge in [-0.05, 0) is 105 Å². The Kier molecular flexibility index (Phi) is 11.3. The Morgan fingerprint density at radius 1 is 0.920 bits per heavy atom. The highest BCUT2D eigenvalue weighted by Gasteiger charge is 2.24. The molecule has 2 aliphatic heterocycles. The summed E-state index contributed by atoms with van der Waals surface area (Å²) in [6, 6.07) is 20.3. The predicted molar refractivity (Wildman–Crippen MR) is 194 cm³/mol. The van der Waals surface area contributed by atoms with Gasteiger partial charge in [-0.3, -0.25) is 9.78 Å². The van der Waals surface area contributed by atoms with Gasteiger partial charge in [-0.1, -0.05) is 30.3 Å². The second-order valence-corrected chi connectivity index (χ2v) is 13.6. The first-order chi connectivity index (χ1) is 24.3. The van der Waals surface area contributed by atoms with Crippen molar-refractivity contribution in [1.82, 2.24) is 20.5 Å². The Morgan fingerprint density at radius 2 is 1.72 bits per heavy atom. The number of hydrogen-bond donors (Lipinski definition) is 2. The zero-order valence-corrected chi connectivity index (χ0v) is 29.6. The summed E-state index contributed by atoms with van der Waals surface area (Å²) < 4.78 is 19.2. The fraction of sp³-hybridized carbons (Fsp3) is 0.390. The normalized spacial score (nSPS) is 17.6. The lowest BCUT2D eigenvalue weighted by Gasteiger charge is -2.29. The Hall–Kier alpha value is -4.91. The van der Waals surface area contributed by atoms with Crippen molar-refractivity contribution >= 4 is 5.91 Å². The number of rotatable bonds is 13. The van der Waals surface area contributed by atoms with Crippen LogP contribution >= 0.6 is 0 Å². The fourth-order valence-corrected chi connectivity index (χ4v) is 6.93. The number of likely N-dealkylation sites (tertiary alicyclic amines) is 1. The largest absolute Gasteiger partial charge is 0.493 e. The number of nitriles is 1. The molecule has 9 nitrogen and oxygen atoms in total. The first-order valence-electron chi connectivity index (χ1n) is 17.5. The van der Waals surface area contributed by atoms with Crippen molar-refractivity contribution in [2.24, 2.45) is 5.92 Å². The number of nitrogens with zero attached hydrogens (tertiary/aromatic N) is 3. The van der Waals surface area contributed by atoms with Gasteiger partial charge in [0.1, 0.15) is 36.5 Å². The monoisotopic (exact) mass is 673 g/mol. The van der Waals surface area contributed by atoms with Gasteiger partial charge in [0.2, 0.25) is 5.91 Å². The van der Waals surface area contributed by atoms with E-state index in [4.69, 9.17) is 14.2 Å². The molecule has 2 aliphatic rings. The first kappa shape index (κ1) is 34.9. The zero-order valence-electron chi connectivity index (χ0n) is 29.6. The van der Waals surface area contributed by atoms with Crippen LogP contribution in [0.3, 0.4) is 0 Å². The van der Waals surface area contributed by atoms with Gasteiger partial charge >= 0.3 is 0 Å². The molecule has 6 rings (SSSR count). The number of benzene rings is 3. The van der Waals surface area contributed by atoms with Crippen LogP contribution in [0, 0.1) is 38.0 Å². The van der Waals surface area contributed by atoms with E-state index in [9.17, 15) is 10.1 Å². The lowest BCUT2D eigenvalue weighted by atomic mass is 9.93. The van der Waals surface area contributed by atoms with E-state index in [1.165, 1.54) is 25.6 Å². The highest BCUT2D eigenvalue weighted by Crippen LogP contribution is 2.35. The van der Waals surface area contributed by atoms with Gasteiger partial charge < -0.3 is 29.7 Å². The number of amides is 1. The molecule has 9 heteroatoms. The highest BCUT2D eigenvalue weighted by molar-refractivity contribution is 5.83. The lowest BCUT2D eigenvalue weighted by Crippen LogP contribution is -2.35. The molecule has 1 aromatic heterocycles. The van der Waals surface area contributed by atoms with Crippen molar-refractivity contribution in [1.29, 1.82) is 5.26 Å². The summed E-state index contributed by atoms with van der Waals surface area (Å²) in [6.45, 7) is 11.1. The number of carbonyl (C=O) groups excluding carboxylic acids is 1. The van der Waals surface area contributed by atoms with Gasteiger partial charge in [-0.25, -0.2) is 0 Å². The topological polar surface area (TPSA) is 109 Å². The van der Waals surface area contributed by atoms with Crippen LogP contribution in [0.4, 0.5) is 0 Å². The molecule has 2 atom stereocenters. The summed E-state index contributed by atoms with van der Waals surface area (Å²) in [5, 5.41) is 15.6. The highest BCUT2D eigenvalue weighted by atomic mass is 16.5. The van der Waals surface area contributed by atoms with E-state index in [0.29, 0.717) is 36.9 Å². The molecule has 2 saturated heterocycles. The van der Waals surface area contributed by atoms with Crippen LogP contribution in [0.1, 0.15) is 58.2 Å². The fourth-order valence-electron chi connectivity index (χ4n) is 6.93. The molecule has 1 amide bonds. The standard InChI is InChI=1S/C41H47N5O4/c1-27-16-34(22-45-37-13-14-44-41(37)47)40(49-25-32-17-31(19-42)20-43-21-32)18-39(27)50-26-33-9-5-10-35(28(33)2)36-11-6-12-38(29(36)3)48-24-30-8-7-15-46(4)23-30/h5-6,9-12,16-18,20-21,30,37,45H,7-8,13-15,22-26H2,1-4H3,(H,44,47)/t30?,37-/m0/s1. The summed E-state index contributed by atoms with van der Waals surface area (Å²) in [4.78, 5) is 18.8. The summed E-state index contributed by atoms with van der Waals surface area (Å²) in [7, 11) is 2.19. The van der Waals surface area contributed by atoms with E-state index < -0.39 is 0 Å². The van der Waals surface area contributed by atoms with Crippen LogP contribution in [-0.4, -0.2) is 55.1 Å². The van der Waals surface area contributed by atoms with E-state index in [1.807, 2.05) is 13.0 Å². The van der Waals surface area contributed by atoms with E-state index in [0.717, 1.165) is 75.6 Å². The van der Waals surface area contributed by atoms with E-state index in [2.05, 4.69) is 89.9 Å². The third-order valence-electron chi connectivity index (χ3n) is 9.86. The molecule has 0 saturated carbocycles. The minimum atomic E-state index is -0.236. The maximum Gasteiger partial charge on any atom is 0.237 e. The maximum atomic E-state index is 12.2. The van der Waals surface area contributed by atoms with E-state index in [-0.39, 0.29) is 18.6 Å². The molecular formula is C41H47N5O4. The molecule has 0 bridgehead atoms.